The number of halogens is 4. The lowest BCUT2D eigenvalue weighted by Gasteiger charge is -2.31. The minimum Gasteiger partial charge on any atom is -0.476 e. The summed E-state index contributed by atoms with van der Waals surface area (Å²) >= 11 is 0. The van der Waals surface area contributed by atoms with Gasteiger partial charge in [-0.3, -0.25) is 0 Å². The van der Waals surface area contributed by atoms with Crippen molar-refractivity contribution >= 4 is 0 Å². The molecule has 1 N–H and O–H groups in total. The lowest BCUT2D eigenvalue weighted by Crippen LogP contribution is -2.52. The van der Waals surface area contributed by atoms with Crippen molar-refractivity contribution in [2.75, 3.05) is 13.1 Å². The number of nitrogens with one attached hydrogen (secondary N) is 1. The highest BCUT2D eigenvalue weighted by atomic mass is 19.4. The molecule has 0 bridgehead atoms. The molecule has 0 amide bonds. The van der Waals surface area contributed by atoms with Crippen molar-refractivity contribution in [2.24, 2.45) is 0 Å². The lowest BCUT2D eigenvalue weighted by atomic mass is 10.0. The third kappa shape index (κ3) is 2.36. The van der Waals surface area contributed by atoms with E-state index >= 15 is 0 Å². The number of alkyl halides is 3. The van der Waals surface area contributed by atoms with Gasteiger partial charge < -0.3 is 10.1 Å². The molecule has 1 heterocycles. The monoisotopic (exact) mass is 249 g/mol. The van der Waals surface area contributed by atoms with E-state index < -0.39 is 17.6 Å². The predicted octanol–water partition coefficient (Wildman–Crippen LogP) is 2.50. The summed E-state index contributed by atoms with van der Waals surface area (Å²) in [5.74, 6) is -0.490. The third-order valence-corrected chi connectivity index (χ3v) is 2.76. The van der Waals surface area contributed by atoms with Crippen LogP contribution in [-0.4, -0.2) is 24.9 Å². The van der Waals surface area contributed by atoms with Gasteiger partial charge in [-0.1, -0.05) is 0 Å². The Morgan fingerprint density at radius 1 is 1.18 bits per heavy atom. The van der Waals surface area contributed by atoms with Gasteiger partial charge in [-0.05, 0) is 30.8 Å². The van der Waals surface area contributed by atoms with E-state index in [0.717, 1.165) is 12.1 Å². The summed E-state index contributed by atoms with van der Waals surface area (Å²) in [4.78, 5) is 0. The smallest absolute Gasteiger partial charge is 0.429 e. The number of benzene rings is 1. The molecule has 0 aromatic heterocycles. The van der Waals surface area contributed by atoms with Gasteiger partial charge in [-0.2, -0.15) is 13.2 Å². The molecule has 1 fully saturated rings. The molecule has 1 aliphatic heterocycles. The fourth-order valence-corrected chi connectivity index (χ4v) is 1.78. The summed E-state index contributed by atoms with van der Waals surface area (Å²) in [6.45, 7) is -0.0332. The number of hydrogen-bond donors (Lipinski definition) is 1. The van der Waals surface area contributed by atoms with Crippen LogP contribution in [0.4, 0.5) is 17.6 Å². The standard InChI is InChI=1S/C11H11F4NO/c12-8-1-3-9(4-2-8)17-10(11(13,14)15)5-6-16-7-10/h1-4,16H,5-7H2. The summed E-state index contributed by atoms with van der Waals surface area (Å²) in [7, 11) is 0. The van der Waals surface area contributed by atoms with E-state index in [1.807, 2.05) is 0 Å². The molecule has 1 saturated heterocycles. The zero-order valence-corrected chi connectivity index (χ0v) is 8.85. The fraction of sp³-hybridized carbons (Fsp3) is 0.455. The molecule has 0 aliphatic carbocycles. The Bertz CT molecular complexity index is 381. The maximum atomic E-state index is 12.9. The van der Waals surface area contributed by atoms with Gasteiger partial charge in [-0.25, -0.2) is 4.39 Å². The van der Waals surface area contributed by atoms with Crippen LogP contribution < -0.4 is 10.1 Å². The first-order valence-corrected chi connectivity index (χ1v) is 5.15. The molecule has 2 nitrogen and oxygen atoms in total. The van der Waals surface area contributed by atoms with Crippen molar-refractivity contribution in [3.8, 4) is 5.75 Å². The van der Waals surface area contributed by atoms with Gasteiger partial charge in [-0.15, -0.1) is 0 Å². The van der Waals surface area contributed by atoms with E-state index in [1.54, 1.807) is 0 Å². The van der Waals surface area contributed by atoms with Crippen LogP contribution in [0.2, 0.25) is 0 Å². The molecular formula is C11H11F4NO. The van der Waals surface area contributed by atoms with Gasteiger partial charge in [0.2, 0.25) is 5.60 Å². The van der Waals surface area contributed by atoms with E-state index in [0.29, 0.717) is 0 Å². The zero-order chi connectivity index (χ0) is 12.5. The molecule has 1 aromatic rings. The summed E-state index contributed by atoms with van der Waals surface area (Å²) in [5, 5.41) is 2.63. The first-order valence-electron chi connectivity index (χ1n) is 5.15. The molecule has 2 rings (SSSR count). The molecule has 17 heavy (non-hydrogen) atoms. The summed E-state index contributed by atoms with van der Waals surface area (Å²) in [6, 6.07) is 4.53. The highest BCUT2D eigenvalue weighted by Crippen LogP contribution is 2.38. The Labute approximate surface area is 95.6 Å². The average molecular weight is 249 g/mol. The number of hydrogen-bond acceptors (Lipinski definition) is 2. The Morgan fingerprint density at radius 2 is 1.82 bits per heavy atom. The van der Waals surface area contributed by atoms with Gasteiger partial charge in [0.15, 0.2) is 0 Å². The Kier molecular flexibility index (Phi) is 2.99. The van der Waals surface area contributed by atoms with Crippen LogP contribution in [0.25, 0.3) is 0 Å². The van der Waals surface area contributed by atoms with E-state index in [2.05, 4.69) is 5.32 Å². The molecule has 6 heteroatoms. The van der Waals surface area contributed by atoms with E-state index in [4.69, 9.17) is 4.74 Å². The largest absolute Gasteiger partial charge is 0.476 e. The van der Waals surface area contributed by atoms with Crippen molar-refractivity contribution in [2.45, 2.75) is 18.2 Å². The first kappa shape index (κ1) is 12.2. The van der Waals surface area contributed by atoms with Gasteiger partial charge >= 0.3 is 6.18 Å². The quantitative estimate of drug-likeness (QED) is 0.813. The van der Waals surface area contributed by atoms with E-state index in [1.165, 1.54) is 12.1 Å². The van der Waals surface area contributed by atoms with Crippen LogP contribution in [0.15, 0.2) is 24.3 Å². The van der Waals surface area contributed by atoms with Gasteiger partial charge in [0, 0.05) is 13.0 Å². The first-order chi connectivity index (χ1) is 7.93. The van der Waals surface area contributed by atoms with Crippen LogP contribution in [-0.2, 0) is 0 Å². The maximum absolute atomic E-state index is 12.9. The van der Waals surface area contributed by atoms with Crippen molar-refractivity contribution in [3.63, 3.8) is 0 Å². The molecule has 0 spiro atoms. The number of ether oxygens (including phenoxy) is 1. The second-order valence-corrected chi connectivity index (χ2v) is 3.97. The normalized spacial score (nSPS) is 24.9. The second kappa shape index (κ2) is 4.18. The molecule has 94 valence electrons. The van der Waals surface area contributed by atoms with Gasteiger partial charge in [0.05, 0.1) is 0 Å². The molecule has 0 radical (unpaired) electrons. The summed E-state index contributed by atoms with van der Waals surface area (Å²) in [5.41, 5.74) is -2.20. The van der Waals surface area contributed by atoms with Gasteiger partial charge in [0.25, 0.3) is 0 Å². The molecule has 1 unspecified atom stereocenters. The highest BCUT2D eigenvalue weighted by Gasteiger charge is 2.58. The molecule has 1 atom stereocenters. The van der Waals surface area contributed by atoms with Crippen LogP contribution in [0, 0.1) is 5.82 Å². The zero-order valence-electron chi connectivity index (χ0n) is 8.85. The van der Waals surface area contributed by atoms with Crippen molar-refractivity contribution in [1.82, 2.24) is 5.32 Å². The predicted molar refractivity (Wildman–Crippen MR) is 53.3 cm³/mol. The third-order valence-electron chi connectivity index (χ3n) is 2.76. The lowest BCUT2D eigenvalue weighted by molar-refractivity contribution is -0.240. The Balaban J connectivity index is 2.22. The van der Waals surface area contributed by atoms with E-state index in [-0.39, 0.29) is 25.3 Å². The number of rotatable bonds is 2. The minimum atomic E-state index is -4.45. The maximum Gasteiger partial charge on any atom is 0.429 e. The van der Waals surface area contributed by atoms with Crippen LogP contribution >= 0.6 is 0 Å². The summed E-state index contributed by atoms with van der Waals surface area (Å²) in [6.07, 6.45) is -4.60. The Morgan fingerprint density at radius 3 is 2.29 bits per heavy atom. The average Bonchev–Trinajstić information content (AvgIpc) is 2.70. The fourth-order valence-electron chi connectivity index (χ4n) is 1.78. The van der Waals surface area contributed by atoms with Crippen LogP contribution in [0.3, 0.4) is 0 Å². The van der Waals surface area contributed by atoms with Gasteiger partial charge in [0.1, 0.15) is 11.6 Å². The van der Waals surface area contributed by atoms with Crippen molar-refractivity contribution in [1.29, 1.82) is 0 Å². The topological polar surface area (TPSA) is 21.3 Å². The van der Waals surface area contributed by atoms with Crippen LogP contribution in [0.1, 0.15) is 6.42 Å². The van der Waals surface area contributed by atoms with Crippen LogP contribution in [0.5, 0.6) is 5.75 Å². The molecular weight excluding hydrogens is 238 g/mol. The summed E-state index contributed by atoms with van der Waals surface area (Å²) < 4.78 is 56.5. The molecule has 1 aliphatic rings. The van der Waals surface area contributed by atoms with E-state index in [9.17, 15) is 17.6 Å². The van der Waals surface area contributed by atoms with Crippen molar-refractivity contribution < 1.29 is 22.3 Å². The Hall–Kier alpha value is -1.30. The molecule has 0 saturated carbocycles. The van der Waals surface area contributed by atoms with Crippen molar-refractivity contribution in [3.05, 3.63) is 30.1 Å². The minimum absolute atomic E-state index is 0.0208. The highest BCUT2D eigenvalue weighted by molar-refractivity contribution is 5.24. The molecule has 1 aromatic carbocycles. The second-order valence-electron chi connectivity index (χ2n) is 3.97. The SMILES string of the molecule is Fc1ccc(OC2(C(F)(F)F)CCNC2)cc1.